The summed E-state index contributed by atoms with van der Waals surface area (Å²) < 4.78 is 0. The van der Waals surface area contributed by atoms with Crippen molar-refractivity contribution in [2.24, 2.45) is 11.3 Å². The van der Waals surface area contributed by atoms with Crippen molar-refractivity contribution in [2.45, 2.75) is 46.1 Å². The Bertz CT molecular complexity index is 196. The lowest BCUT2D eigenvalue weighted by atomic mass is 9.82. The van der Waals surface area contributed by atoms with Crippen molar-refractivity contribution in [1.82, 2.24) is 5.32 Å². The van der Waals surface area contributed by atoms with Crippen molar-refractivity contribution in [3.8, 4) is 0 Å². The van der Waals surface area contributed by atoms with Gasteiger partial charge in [0.15, 0.2) is 0 Å². The molecule has 1 fully saturated rings. The van der Waals surface area contributed by atoms with Gasteiger partial charge in [0, 0.05) is 18.4 Å². The van der Waals surface area contributed by atoms with Crippen molar-refractivity contribution in [3.05, 3.63) is 0 Å². The number of hydrogen-bond acceptors (Lipinski definition) is 3. The first-order chi connectivity index (χ1) is 7.60. The molecule has 0 spiro atoms. The molecule has 2 atom stereocenters. The third kappa shape index (κ3) is 4.27. The number of hydrogen-bond donors (Lipinski definition) is 2. The molecule has 2 unspecified atom stereocenters. The molecule has 2 N–H and O–H groups in total. The van der Waals surface area contributed by atoms with Crippen LogP contribution in [0.2, 0.25) is 0 Å². The first kappa shape index (κ1) is 14.3. The predicted molar refractivity (Wildman–Crippen MR) is 73.0 cm³/mol. The van der Waals surface area contributed by atoms with Crippen LogP contribution in [0.3, 0.4) is 0 Å². The van der Waals surface area contributed by atoms with Crippen LogP contribution in [0.15, 0.2) is 0 Å². The Morgan fingerprint density at radius 2 is 2.25 bits per heavy atom. The van der Waals surface area contributed by atoms with Crippen LogP contribution in [0.4, 0.5) is 0 Å². The van der Waals surface area contributed by atoms with Gasteiger partial charge in [0.25, 0.3) is 0 Å². The summed E-state index contributed by atoms with van der Waals surface area (Å²) in [4.78, 5) is 0. The monoisotopic (exact) mass is 245 g/mol. The summed E-state index contributed by atoms with van der Waals surface area (Å²) in [5.74, 6) is 3.18. The maximum absolute atomic E-state index is 8.98. The third-order valence-electron chi connectivity index (χ3n) is 3.89. The molecule has 1 saturated heterocycles. The van der Waals surface area contributed by atoms with Gasteiger partial charge in [0.1, 0.15) is 0 Å². The fourth-order valence-corrected chi connectivity index (χ4v) is 3.86. The van der Waals surface area contributed by atoms with Crippen LogP contribution in [-0.2, 0) is 0 Å². The minimum absolute atomic E-state index is 0.322. The van der Waals surface area contributed by atoms with Crippen LogP contribution in [0, 0.1) is 11.3 Å². The molecule has 16 heavy (non-hydrogen) atoms. The highest BCUT2D eigenvalue weighted by molar-refractivity contribution is 7.99. The summed E-state index contributed by atoms with van der Waals surface area (Å²) in [6, 6.07) is 0.638. The Kier molecular flexibility index (Phi) is 6.16. The summed E-state index contributed by atoms with van der Waals surface area (Å²) in [5, 5.41) is 12.7. The Balaban J connectivity index is 2.34. The van der Waals surface area contributed by atoms with Gasteiger partial charge in [-0.2, -0.15) is 11.8 Å². The maximum Gasteiger partial charge on any atom is 0.0434 e. The second kappa shape index (κ2) is 6.87. The van der Waals surface area contributed by atoms with E-state index in [1.807, 2.05) is 0 Å². The molecule has 0 aliphatic carbocycles. The van der Waals surface area contributed by atoms with E-state index >= 15 is 0 Å². The van der Waals surface area contributed by atoms with Gasteiger partial charge in [0.05, 0.1) is 0 Å². The maximum atomic E-state index is 8.98. The lowest BCUT2D eigenvalue weighted by molar-refractivity contribution is 0.216. The van der Waals surface area contributed by atoms with Gasteiger partial charge in [-0.15, -0.1) is 0 Å². The molecule has 2 nitrogen and oxygen atoms in total. The van der Waals surface area contributed by atoms with Crippen LogP contribution >= 0.6 is 11.8 Å². The van der Waals surface area contributed by atoms with Gasteiger partial charge in [-0.05, 0) is 36.5 Å². The minimum atomic E-state index is 0.322. The first-order valence-electron chi connectivity index (χ1n) is 6.52. The second-order valence-corrected chi connectivity index (χ2v) is 6.71. The molecule has 0 aromatic carbocycles. The summed E-state index contributed by atoms with van der Waals surface area (Å²) in [5.41, 5.74) is 0.433. The normalized spacial score (nSPS) is 26.6. The van der Waals surface area contributed by atoms with Crippen molar-refractivity contribution >= 4 is 11.8 Å². The van der Waals surface area contributed by atoms with Crippen LogP contribution in [0.5, 0.6) is 0 Å². The zero-order chi connectivity index (χ0) is 12.0. The molecule has 0 amide bonds. The Morgan fingerprint density at radius 1 is 1.50 bits per heavy atom. The molecule has 1 heterocycles. The van der Waals surface area contributed by atoms with Crippen LogP contribution < -0.4 is 5.32 Å². The van der Waals surface area contributed by atoms with E-state index in [0.29, 0.717) is 24.0 Å². The average molecular weight is 245 g/mol. The van der Waals surface area contributed by atoms with Crippen molar-refractivity contribution in [2.75, 3.05) is 24.7 Å². The average Bonchev–Trinajstić information content (AvgIpc) is 2.25. The number of rotatable bonds is 6. The van der Waals surface area contributed by atoms with E-state index < -0.39 is 0 Å². The van der Waals surface area contributed by atoms with Gasteiger partial charge in [0.2, 0.25) is 0 Å². The second-order valence-electron chi connectivity index (χ2n) is 5.56. The van der Waals surface area contributed by atoms with Gasteiger partial charge >= 0.3 is 0 Å². The standard InChI is InChI=1S/C13H27NOS/c1-4-11(5-7-15)9-14-12-10-16-8-6-13(12,2)3/h11-12,14-15H,4-10H2,1-3H3. The Morgan fingerprint density at radius 3 is 2.81 bits per heavy atom. The molecule has 0 aromatic heterocycles. The van der Waals surface area contributed by atoms with E-state index in [9.17, 15) is 0 Å². The number of nitrogens with one attached hydrogen (secondary N) is 1. The van der Waals surface area contributed by atoms with E-state index in [2.05, 4.69) is 37.8 Å². The van der Waals surface area contributed by atoms with Crippen molar-refractivity contribution in [1.29, 1.82) is 0 Å². The number of aliphatic hydroxyl groups is 1. The number of thioether (sulfide) groups is 1. The highest BCUT2D eigenvalue weighted by Crippen LogP contribution is 2.34. The molecule has 1 rings (SSSR count). The molecule has 0 bridgehead atoms. The summed E-state index contributed by atoms with van der Waals surface area (Å²) in [7, 11) is 0. The molecule has 0 saturated carbocycles. The van der Waals surface area contributed by atoms with Crippen LogP contribution in [0.25, 0.3) is 0 Å². The van der Waals surface area contributed by atoms with E-state index in [1.165, 1.54) is 17.9 Å². The molecule has 0 aromatic rings. The van der Waals surface area contributed by atoms with Gasteiger partial charge in [-0.3, -0.25) is 0 Å². The van der Waals surface area contributed by atoms with E-state index in [4.69, 9.17) is 5.11 Å². The lowest BCUT2D eigenvalue weighted by Crippen LogP contribution is -2.48. The first-order valence-corrected chi connectivity index (χ1v) is 7.67. The highest BCUT2D eigenvalue weighted by Gasteiger charge is 2.32. The fourth-order valence-electron chi connectivity index (χ4n) is 2.21. The zero-order valence-electron chi connectivity index (χ0n) is 11.0. The molecule has 0 radical (unpaired) electrons. The minimum Gasteiger partial charge on any atom is -0.396 e. The van der Waals surface area contributed by atoms with Gasteiger partial charge in [-0.25, -0.2) is 0 Å². The summed E-state index contributed by atoms with van der Waals surface area (Å²) in [6.45, 7) is 8.34. The number of aliphatic hydroxyl groups excluding tert-OH is 1. The Labute approximate surface area is 105 Å². The van der Waals surface area contributed by atoms with Crippen molar-refractivity contribution in [3.63, 3.8) is 0 Å². The molecule has 1 aliphatic rings. The quantitative estimate of drug-likeness (QED) is 0.754. The summed E-state index contributed by atoms with van der Waals surface area (Å²) >= 11 is 2.07. The van der Waals surface area contributed by atoms with Gasteiger partial charge < -0.3 is 10.4 Å². The molecular weight excluding hydrogens is 218 g/mol. The molecule has 3 heteroatoms. The SMILES string of the molecule is CCC(CCO)CNC1CSCCC1(C)C. The predicted octanol–water partition coefficient (Wildman–Crippen LogP) is 2.52. The topological polar surface area (TPSA) is 32.3 Å². The Hall–Kier alpha value is 0.270. The molecule has 96 valence electrons. The smallest absolute Gasteiger partial charge is 0.0434 e. The molecule has 1 aliphatic heterocycles. The van der Waals surface area contributed by atoms with Crippen LogP contribution in [-0.4, -0.2) is 35.8 Å². The van der Waals surface area contributed by atoms with E-state index in [0.717, 1.165) is 19.4 Å². The van der Waals surface area contributed by atoms with E-state index in [-0.39, 0.29) is 0 Å². The lowest BCUT2D eigenvalue weighted by Gasteiger charge is -2.39. The summed E-state index contributed by atoms with van der Waals surface area (Å²) in [6.07, 6.45) is 3.41. The highest BCUT2D eigenvalue weighted by atomic mass is 32.2. The third-order valence-corrected chi connectivity index (χ3v) is 4.95. The van der Waals surface area contributed by atoms with E-state index in [1.54, 1.807) is 0 Å². The fraction of sp³-hybridized carbons (Fsp3) is 1.00. The van der Waals surface area contributed by atoms with Crippen LogP contribution in [0.1, 0.15) is 40.0 Å². The zero-order valence-corrected chi connectivity index (χ0v) is 11.8. The largest absolute Gasteiger partial charge is 0.396 e. The van der Waals surface area contributed by atoms with Crippen molar-refractivity contribution < 1.29 is 5.11 Å². The van der Waals surface area contributed by atoms with Gasteiger partial charge in [-0.1, -0.05) is 27.2 Å². The molecular formula is C13H27NOS.